The molecule has 0 amide bonds. The number of nitrogens with one attached hydrogen (secondary N) is 1. The monoisotopic (exact) mass is 549 g/mol. The minimum atomic E-state index is -5.15. The van der Waals surface area contributed by atoms with Gasteiger partial charge in [-0.2, -0.15) is 27.1 Å². The third-order valence-electron chi connectivity index (χ3n) is 5.05. The predicted octanol–water partition coefficient (Wildman–Crippen LogP) is 5.14. The van der Waals surface area contributed by atoms with Gasteiger partial charge in [0.15, 0.2) is 11.4 Å². The van der Waals surface area contributed by atoms with E-state index in [1.165, 1.54) is 18.2 Å². The Kier molecular flexibility index (Phi) is 7.38. The van der Waals surface area contributed by atoms with E-state index in [0.29, 0.717) is 16.5 Å². The lowest BCUT2D eigenvalue weighted by molar-refractivity contribution is -0.142. The van der Waals surface area contributed by atoms with Gasteiger partial charge in [0.1, 0.15) is 17.3 Å². The van der Waals surface area contributed by atoms with E-state index in [1.54, 1.807) is 0 Å². The Morgan fingerprint density at radius 1 is 1.05 bits per heavy atom. The molecule has 0 fully saturated rings. The number of alkyl halides is 5. The van der Waals surface area contributed by atoms with Crippen LogP contribution >= 0.6 is 0 Å². The van der Waals surface area contributed by atoms with Crippen LogP contribution in [0.5, 0.6) is 17.2 Å². The minimum absolute atomic E-state index is 0.0196. The van der Waals surface area contributed by atoms with Crippen LogP contribution in [0.2, 0.25) is 0 Å². The van der Waals surface area contributed by atoms with Crippen LogP contribution in [0, 0.1) is 12.4 Å². The van der Waals surface area contributed by atoms with Gasteiger partial charge in [0.25, 0.3) is 11.1 Å². The molecular formula is C24H13F6N5O4. The number of hydrogen-bond donors (Lipinski definition) is 1. The van der Waals surface area contributed by atoms with Crippen molar-refractivity contribution in [1.29, 1.82) is 0 Å². The molecule has 9 nitrogen and oxygen atoms in total. The van der Waals surface area contributed by atoms with Crippen LogP contribution in [-0.2, 0) is 12.7 Å². The maximum atomic E-state index is 13.7. The van der Waals surface area contributed by atoms with Crippen molar-refractivity contribution >= 4 is 5.69 Å². The molecule has 0 aliphatic heterocycles. The first-order valence-corrected chi connectivity index (χ1v) is 10.6. The highest BCUT2D eigenvalue weighted by Gasteiger charge is 2.39. The van der Waals surface area contributed by atoms with Gasteiger partial charge in [-0.15, -0.1) is 0 Å². The summed E-state index contributed by atoms with van der Waals surface area (Å²) in [7, 11) is 0. The van der Waals surface area contributed by atoms with E-state index >= 15 is 0 Å². The van der Waals surface area contributed by atoms with Gasteiger partial charge < -0.3 is 9.47 Å². The molecule has 0 bridgehead atoms. The Morgan fingerprint density at radius 2 is 1.74 bits per heavy atom. The third-order valence-corrected chi connectivity index (χ3v) is 5.05. The largest absolute Gasteiger partial charge is 0.450 e. The fourth-order valence-electron chi connectivity index (χ4n) is 3.39. The Bertz CT molecular complexity index is 1680. The van der Waals surface area contributed by atoms with E-state index < -0.39 is 59.2 Å². The molecular weight excluding hydrogens is 536 g/mol. The zero-order chi connectivity index (χ0) is 28.3. The van der Waals surface area contributed by atoms with Crippen molar-refractivity contribution in [3.8, 4) is 28.4 Å². The molecule has 0 radical (unpaired) electrons. The summed E-state index contributed by atoms with van der Waals surface area (Å²) in [6, 6.07) is 8.72. The fourth-order valence-corrected chi connectivity index (χ4v) is 3.39. The molecule has 39 heavy (non-hydrogen) atoms. The number of hydrogen-bond acceptors (Lipinski definition) is 6. The first kappa shape index (κ1) is 26.9. The van der Waals surface area contributed by atoms with Gasteiger partial charge in [-0.25, -0.2) is 19.3 Å². The average molecular weight is 549 g/mol. The first-order valence-electron chi connectivity index (χ1n) is 10.6. The zero-order valence-corrected chi connectivity index (χ0v) is 19.2. The van der Waals surface area contributed by atoms with Crippen molar-refractivity contribution in [2.24, 2.45) is 0 Å². The SMILES string of the molecule is [C-]#[N+]c1cc(Oc2c(C(F)(F)F)ncn(Cc3cc(-c4ccc(F)cc4)c(=O)[nH]n3)c2=O)cc(OC(F)F)c1. The lowest BCUT2D eigenvalue weighted by atomic mass is 10.1. The summed E-state index contributed by atoms with van der Waals surface area (Å²) >= 11 is 0. The Hall–Kier alpha value is -5.13. The van der Waals surface area contributed by atoms with Crippen LogP contribution in [0.25, 0.3) is 16.0 Å². The molecule has 0 spiro atoms. The molecule has 4 rings (SSSR count). The smallest absolute Gasteiger partial charge is 0.437 e. The van der Waals surface area contributed by atoms with Gasteiger partial charge >= 0.3 is 12.8 Å². The van der Waals surface area contributed by atoms with E-state index in [9.17, 15) is 35.9 Å². The third kappa shape index (κ3) is 6.24. The first-order chi connectivity index (χ1) is 18.4. The van der Waals surface area contributed by atoms with Crippen molar-refractivity contribution in [2.45, 2.75) is 19.3 Å². The summed E-state index contributed by atoms with van der Waals surface area (Å²) in [6.07, 6.45) is -4.57. The van der Waals surface area contributed by atoms with Crippen LogP contribution in [0.15, 0.2) is 64.4 Å². The van der Waals surface area contributed by atoms with Gasteiger partial charge in [-0.1, -0.05) is 12.1 Å². The molecule has 2 aromatic heterocycles. The number of ether oxygens (including phenoxy) is 2. The molecule has 0 atom stereocenters. The molecule has 200 valence electrons. The van der Waals surface area contributed by atoms with Gasteiger partial charge in [0.2, 0.25) is 5.75 Å². The van der Waals surface area contributed by atoms with Crippen LogP contribution in [-0.4, -0.2) is 26.4 Å². The van der Waals surface area contributed by atoms with Crippen LogP contribution in [0.1, 0.15) is 11.4 Å². The standard InChI is InChI=1S/C24H13F6N5O4/c1-31-14-6-16(9-17(7-14)39-23(26)27)38-19-20(24(28,29)30)32-11-35(22(19)37)10-15-8-18(21(36)34-33-15)12-2-4-13(25)5-3-12/h2-9,11,23H,10H2,(H,34,36). The predicted molar refractivity (Wildman–Crippen MR) is 122 cm³/mol. The van der Waals surface area contributed by atoms with Crippen LogP contribution in [0.4, 0.5) is 32.0 Å². The van der Waals surface area contributed by atoms with Gasteiger partial charge in [-0.3, -0.25) is 14.2 Å². The van der Waals surface area contributed by atoms with Gasteiger partial charge in [-0.05, 0) is 35.9 Å². The zero-order valence-electron chi connectivity index (χ0n) is 19.2. The Morgan fingerprint density at radius 3 is 2.38 bits per heavy atom. The normalized spacial score (nSPS) is 11.3. The van der Waals surface area contributed by atoms with Crippen molar-refractivity contribution in [3.05, 3.63) is 104 Å². The van der Waals surface area contributed by atoms with E-state index in [0.717, 1.165) is 30.3 Å². The molecule has 2 heterocycles. The summed E-state index contributed by atoms with van der Waals surface area (Å²) < 4.78 is 89.5. The summed E-state index contributed by atoms with van der Waals surface area (Å²) in [5.74, 6) is -3.01. The number of H-pyrrole nitrogens is 1. The second-order valence-electron chi connectivity index (χ2n) is 7.72. The molecule has 4 aromatic rings. The quantitative estimate of drug-likeness (QED) is 0.253. The number of rotatable bonds is 7. The number of aromatic nitrogens is 4. The molecule has 0 saturated carbocycles. The minimum Gasteiger partial charge on any atom is -0.450 e. The van der Waals surface area contributed by atoms with E-state index in [4.69, 9.17) is 11.3 Å². The Labute approximate surface area is 213 Å². The van der Waals surface area contributed by atoms with E-state index in [1.807, 2.05) is 0 Å². The molecule has 0 unspecified atom stereocenters. The molecule has 0 aliphatic carbocycles. The summed E-state index contributed by atoms with van der Waals surface area (Å²) in [5, 5.41) is 5.98. The maximum absolute atomic E-state index is 13.7. The number of aromatic amines is 1. The second kappa shape index (κ2) is 10.7. The van der Waals surface area contributed by atoms with E-state index in [-0.39, 0.29) is 16.9 Å². The lowest BCUT2D eigenvalue weighted by Gasteiger charge is -2.15. The number of halogens is 6. The van der Waals surface area contributed by atoms with Crippen LogP contribution < -0.4 is 20.6 Å². The topological polar surface area (TPSA) is 103 Å². The molecule has 1 N–H and O–H groups in total. The highest BCUT2D eigenvalue weighted by molar-refractivity contribution is 5.62. The lowest BCUT2D eigenvalue weighted by Crippen LogP contribution is -2.27. The Balaban J connectivity index is 1.75. The second-order valence-corrected chi connectivity index (χ2v) is 7.72. The fraction of sp³-hybridized carbons (Fsp3) is 0.125. The molecule has 2 aromatic carbocycles. The number of benzene rings is 2. The average Bonchev–Trinajstić information content (AvgIpc) is 2.87. The molecule has 15 heteroatoms. The van der Waals surface area contributed by atoms with E-state index in [2.05, 4.69) is 24.8 Å². The molecule has 0 aliphatic rings. The molecule has 0 saturated heterocycles. The van der Waals surface area contributed by atoms with Crippen molar-refractivity contribution in [3.63, 3.8) is 0 Å². The van der Waals surface area contributed by atoms with Gasteiger partial charge in [0.05, 0.1) is 30.7 Å². The van der Waals surface area contributed by atoms with Crippen molar-refractivity contribution in [2.75, 3.05) is 0 Å². The summed E-state index contributed by atoms with van der Waals surface area (Å²) in [4.78, 5) is 31.6. The highest BCUT2D eigenvalue weighted by Crippen LogP contribution is 2.37. The van der Waals surface area contributed by atoms with Crippen molar-refractivity contribution < 1.29 is 35.8 Å². The summed E-state index contributed by atoms with van der Waals surface area (Å²) in [5.41, 5.74) is -3.63. The summed E-state index contributed by atoms with van der Waals surface area (Å²) in [6.45, 7) is 3.28. The van der Waals surface area contributed by atoms with Crippen LogP contribution in [0.3, 0.4) is 0 Å². The number of nitrogens with zero attached hydrogens (tertiary/aromatic N) is 4. The highest BCUT2D eigenvalue weighted by atomic mass is 19.4. The maximum Gasteiger partial charge on any atom is 0.437 e. The van der Waals surface area contributed by atoms with Crippen molar-refractivity contribution in [1.82, 2.24) is 19.7 Å². The van der Waals surface area contributed by atoms with Gasteiger partial charge in [0, 0.05) is 6.07 Å².